The van der Waals surface area contributed by atoms with Crippen LogP contribution in [0.4, 0.5) is 5.69 Å². The van der Waals surface area contributed by atoms with Gasteiger partial charge in [0.25, 0.3) is 5.91 Å². The molecular weight excluding hydrogens is 326 g/mol. The highest BCUT2D eigenvalue weighted by Crippen LogP contribution is 2.36. The van der Waals surface area contributed by atoms with Crippen LogP contribution >= 0.6 is 24.0 Å². The molecule has 1 heterocycles. The smallest absolute Gasteiger partial charge is 0.270 e. The van der Waals surface area contributed by atoms with Crippen molar-refractivity contribution >= 4 is 51.8 Å². The fourth-order valence-corrected chi connectivity index (χ4v) is 3.54. The number of thioether (sulfide) groups is 1. The second-order valence-electron chi connectivity index (χ2n) is 5.03. The minimum atomic E-state index is -0.139. The first-order valence-electron chi connectivity index (χ1n) is 7.00. The van der Waals surface area contributed by atoms with E-state index in [1.807, 2.05) is 36.4 Å². The number of benzene rings is 2. The molecule has 0 N–H and O–H groups in total. The first kappa shape index (κ1) is 15.6. The van der Waals surface area contributed by atoms with E-state index in [4.69, 9.17) is 12.2 Å². The van der Waals surface area contributed by atoms with E-state index in [0.717, 1.165) is 5.56 Å². The summed E-state index contributed by atoms with van der Waals surface area (Å²) >= 11 is 6.62. The van der Waals surface area contributed by atoms with Crippen molar-refractivity contribution in [3.8, 4) is 0 Å². The number of carbonyl (C=O) groups is 2. The highest BCUT2D eigenvalue weighted by atomic mass is 32.2. The van der Waals surface area contributed by atoms with Crippen LogP contribution in [0.25, 0.3) is 6.08 Å². The van der Waals surface area contributed by atoms with Gasteiger partial charge in [-0.1, -0.05) is 54.3 Å². The summed E-state index contributed by atoms with van der Waals surface area (Å²) in [6.45, 7) is 1.51. The predicted octanol–water partition coefficient (Wildman–Crippen LogP) is 4.30. The average molecular weight is 339 g/mol. The van der Waals surface area contributed by atoms with Crippen molar-refractivity contribution < 1.29 is 9.59 Å². The Morgan fingerprint density at radius 3 is 2.35 bits per heavy atom. The fraction of sp³-hybridized carbons (Fsp3) is 0.0556. The Bertz CT molecular complexity index is 811. The molecule has 0 spiro atoms. The minimum Gasteiger partial charge on any atom is -0.295 e. The number of hydrogen-bond acceptors (Lipinski definition) is 4. The number of nitrogens with zero attached hydrogens (tertiary/aromatic N) is 1. The molecule has 114 valence electrons. The maximum Gasteiger partial charge on any atom is 0.270 e. The van der Waals surface area contributed by atoms with Crippen molar-refractivity contribution in [1.82, 2.24) is 0 Å². The van der Waals surface area contributed by atoms with Gasteiger partial charge in [-0.3, -0.25) is 14.5 Å². The molecule has 0 atom stereocenters. The molecule has 0 bridgehead atoms. The molecule has 1 aliphatic rings. The van der Waals surface area contributed by atoms with Gasteiger partial charge >= 0.3 is 0 Å². The standard InChI is InChI=1S/C18H13NO2S2/c1-12(20)14-7-9-15(10-8-14)19-17(21)16(23-18(19)22)11-13-5-3-2-4-6-13/h2-11H,1H3/b16-11-. The van der Waals surface area contributed by atoms with E-state index in [-0.39, 0.29) is 11.7 Å². The van der Waals surface area contributed by atoms with Crippen molar-refractivity contribution in [3.63, 3.8) is 0 Å². The van der Waals surface area contributed by atoms with Crippen molar-refractivity contribution in [2.75, 3.05) is 4.90 Å². The van der Waals surface area contributed by atoms with Crippen LogP contribution in [0.1, 0.15) is 22.8 Å². The second kappa shape index (κ2) is 6.48. The summed E-state index contributed by atoms with van der Waals surface area (Å²) in [5.74, 6) is -0.148. The molecular formula is C18H13NO2S2. The number of Topliss-reactive ketones (excluding diaryl/α,β-unsaturated/α-hetero) is 1. The zero-order chi connectivity index (χ0) is 16.4. The van der Waals surface area contributed by atoms with Crippen LogP contribution in [0.15, 0.2) is 59.5 Å². The molecule has 23 heavy (non-hydrogen) atoms. The summed E-state index contributed by atoms with van der Waals surface area (Å²) in [7, 11) is 0. The third-order valence-electron chi connectivity index (χ3n) is 3.42. The molecule has 5 heteroatoms. The molecule has 1 fully saturated rings. The van der Waals surface area contributed by atoms with Crippen LogP contribution in [-0.4, -0.2) is 16.0 Å². The van der Waals surface area contributed by atoms with Gasteiger partial charge in [0.1, 0.15) is 0 Å². The maximum absolute atomic E-state index is 12.6. The number of rotatable bonds is 3. The third kappa shape index (κ3) is 3.25. The third-order valence-corrected chi connectivity index (χ3v) is 4.73. The monoisotopic (exact) mass is 339 g/mol. The first-order chi connectivity index (χ1) is 11.1. The Kier molecular flexibility index (Phi) is 4.41. The van der Waals surface area contributed by atoms with Crippen LogP contribution < -0.4 is 4.90 Å². The molecule has 2 aromatic rings. The largest absolute Gasteiger partial charge is 0.295 e. The normalized spacial score (nSPS) is 16.2. The van der Waals surface area contributed by atoms with E-state index >= 15 is 0 Å². The van der Waals surface area contributed by atoms with Crippen molar-refractivity contribution in [2.24, 2.45) is 0 Å². The molecule has 0 unspecified atom stereocenters. The predicted molar refractivity (Wildman–Crippen MR) is 98.5 cm³/mol. The van der Waals surface area contributed by atoms with Gasteiger partial charge in [-0.15, -0.1) is 0 Å². The Balaban J connectivity index is 1.90. The van der Waals surface area contributed by atoms with Gasteiger partial charge in [0.05, 0.1) is 10.6 Å². The highest BCUT2D eigenvalue weighted by Gasteiger charge is 2.33. The SMILES string of the molecule is CC(=O)c1ccc(N2C(=O)/C(=C/c3ccccc3)SC2=S)cc1. The summed E-state index contributed by atoms with van der Waals surface area (Å²) in [6, 6.07) is 16.6. The number of amides is 1. The lowest BCUT2D eigenvalue weighted by molar-refractivity contribution is -0.113. The fourth-order valence-electron chi connectivity index (χ4n) is 2.24. The molecule has 0 radical (unpaired) electrons. The molecule has 1 amide bonds. The van der Waals surface area contributed by atoms with E-state index in [1.54, 1.807) is 24.3 Å². The summed E-state index contributed by atoms with van der Waals surface area (Å²) in [5, 5.41) is 0. The maximum atomic E-state index is 12.6. The average Bonchev–Trinajstić information content (AvgIpc) is 2.82. The summed E-state index contributed by atoms with van der Waals surface area (Å²) in [5.41, 5.74) is 2.24. The van der Waals surface area contributed by atoms with Gasteiger partial charge < -0.3 is 0 Å². The Labute approximate surface area is 144 Å². The molecule has 3 nitrogen and oxygen atoms in total. The van der Waals surface area contributed by atoms with E-state index in [1.165, 1.54) is 23.6 Å². The molecule has 3 rings (SSSR count). The van der Waals surface area contributed by atoms with E-state index in [2.05, 4.69) is 0 Å². The Morgan fingerprint density at radius 1 is 1.09 bits per heavy atom. The molecule has 0 aliphatic carbocycles. The zero-order valence-corrected chi connectivity index (χ0v) is 14.0. The number of anilines is 1. The topological polar surface area (TPSA) is 37.4 Å². The van der Waals surface area contributed by atoms with Gasteiger partial charge in [0, 0.05) is 5.56 Å². The van der Waals surface area contributed by atoms with Crippen molar-refractivity contribution in [3.05, 3.63) is 70.6 Å². The zero-order valence-electron chi connectivity index (χ0n) is 12.4. The number of thiocarbonyl (C=S) groups is 1. The van der Waals surface area contributed by atoms with Crippen LogP contribution in [-0.2, 0) is 4.79 Å². The quantitative estimate of drug-likeness (QED) is 0.475. The Hall–Kier alpha value is -2.24. The van der Waals surface area contributed by atoms with Crippen molar-refractivity contribution in [2.45, 2.75) is 6.92 Å². The summed E-state index contributed by atoms with van der Waals surface area (Å²) in [4.78, 5) is 26.1. The molecule has 1 saturated heterocycles. The van der Waals surface area contributed by atoms with E-state index in [0.29, 0.717) is 20.5 Å². The van der Waals surface area contributed by atoms with E-state index in [9.17, 15) is 9.59 Å². The van der Waals surface area contributed by atoms with Crippen LogP contribution in [0.5, 0.6) is 0 Å². The summed E-state index contributed by atoms with van der Waals surface area (Å²) in [6.07, 6.45) is 1.84. The molecule has 0 aromatic heterocycles. The van der Waals surface area contributed by atoms with Gasteiger partial charge in [0.2, 0.25) is 0 Å². The minimum absolute atomic E-state index is 0.00841. The first-order valence-corrected chi connectivity index (χ1v) is 8.23. The molecule has 0 saturated carbocycles. The van der Waals surface area contributed by atoms with Crippen LogP contribution in [0, 0.1) is 0 Å². The lowest BCUT2D eigenvalue weighted by Crippen LogP contribution is -2.27. The van der Waals surface area contributed by atoms with Crippen LogP contribution in [0.3, 0.4) is 0 Å². The highest BCUT2D eigenvalue weighted by molar-refractivity contribution is 8.27. The van der Waals surface area contributed by atoms with Gasteiger partial charge in [-0.25, -0.2) is 0 Å². The van der Waals surface area contributed by atoms with Gasteiger partial charge in [-0.2, -0.15) is 0 Å². The van der Waals surface area contributed by atoms with Crippen LogP contribution in [0.2, 0.25) is 0 Å². The number of hydrogen-bond donors (Lipinski definition) is 0. The lowest BCUT2D eigenvalue weighted by Gasteiger charge is -2.14. The number of carbonyl (C=O) groups excluding carboxylic acids is 2. The summed E-state index contributed by atoms with van der Waals surface area (Å²) < 4.78 is 0.493. The van der Waals surface area contributed by atoms with Gasteiger partial charge in [-0.05, 0) is 42.8 Å². The molecule has 1 aliphatic heterocycles. The lowest BCUT2D eigenvalue weighted by atomic mass is 10.1. The second-order valence-corrected chi connectivity index (χ2v) is 6.71. The van der Waals surface area contributed by atoms with Crippen molar-refractivity contribution in [1.29, 1.82) is 0 Å². The number of ketones is 1. The molecule has 2 aromatic carbocycles. The van der Waals surface area contributed by atoms with Gasteiger partial charge in [0.15, 0.2) is 10.1 Å². The Morgan fingerprint density at radius 2 is 1.74 bits per heavy atom. The van der Waals surface area contributed by atoms with E-state index < -0.39 is 0 Å².